The molecule has 0 aliphatic rings. The van der Waals surface area contributed by atoms with E-state index in [9.17, 15) is 4.39 Å². The van der Waals surface area contributed by atoms with Crippen molar-refractivity contribution in [2.45, 2.75) is 6.54 Å². The summed E-state index contributed by atoms with van der Waals surface area (Å²) in [6, 6.07) is 14.7. The molecular formula is C19H14FN7. The predicted octanol–water partition coefficient (Wildman–Crippen LogP) is 3.44. The first kappa shape index (κ1) is 15.4. The molecular weight excluding hydrogens is 345 g/mol. The maximum atomic E-state index is 14.3. The first-order valence-corrected chi connectivity index (χ1v) is 8.40. The van der Waals surface area contributed by atoms with E-state index >= 15 is 0 Å². The molecule has 132 valence electrons. The highest BCUT2D eigenvalue weighted by Crippen LogP contribution is 2.24. The number of aromatic amines is 1. The summed E-state index contributed by atoms with van der Waals surface area (Å²) in [5.41, 5.74) is 3.26. The van der Waals surface area contributed by atoms with Crippen LogP contribution in [-0.4, -0.2) is 29.5 Å². The Morgan fingerprint density at radius 1 is 1.00 bits per heavy atom. The number of hydrogen-bond donors (Lipinski definition) is 2. The van der Waals surface area contributed by atoms with E-state index in [0.717, 1.165) is 5.69 Å². The Morgan fingerprint density at radius 2 is 1.89 bits per heavy atom. The first-order chi connectivity index (χ1) is 13.3. The molecule has 0 radical (unpaired) electrons. The highest BCUT2D eigenvalue weighted by Gasteiger charge is 2.15. The molecule has 5 rings (SSSR count). The second kappa shape index (κ2) is 6.17. The summed E-state index contributed by atoms with van der Waals surface area (Å²) in [5, 5.41) is 3.25. The van der Waals surface area contributed by atoms with Gasteiger partial charge < -0.3 is 10.3 Å². The molecule has 0 fully saturated rings. The summed E-state index contributed by atoms with van der Waals surface area (Å²) in [6.45, 7) is 0.355. The Balaban J connectivity index is 1.60. The van der Waals surface area contributed by atoms with E-state index in [-0.39, 0.29) is 5.82 Å². The van der Waals surface area contributed by atoms with Gasteiger partial charge in [0.1, 0.15) is 23.2 Å². The van der Waals surface area contributed by atoms with E-state index in [1.165, 1.54) is 12.4 Å². The van der Waals surface area contributed by atoms with Crippen LogP contribution in [0.2, 0.25) is 0 Å². The fourth-order valence-corrected chi connectivity index (χ4v) is 3.16. The number of hydrogen-bond acceptors (Lipinski definition) is 5. The summed E-state index contributed by atoms with van der Waals surface area (Å²) in [5.74, 6) is 0.943. The smallest absolute Gasteiger partial charge is 0.182 e. The number of benzene rings is 2. The highest BCUT2D eigenvalue weighted by molar-refractivity contribution is 5.82. The highest BCUT2D eigenvalue weighted by atomic mass is 19.1. The summed E-state index contributed by atoms with van der Waals surface area (Å²) < 4.78 is 16.2. The lowest BCUT2D eigenvalue weighted by Gasteiger charge is -2.10. The average Bonchev–Trinajstić information content (AvgIpc) is 3.32. The molecule has 0 saturated heterocycles. The fourth-order valence-electron chi connectivity index (χ4n) is 3.16. The average molecular weight is 359 g/mol. The van der Waals surface area contributed by atoms with Crippen LogP contribution in [-0.2, 0) is 6.54 Å². The number of halogens is 1. The monoisotopic (exact) mass is 359 g/mol. The van der Waals surface area contributed by atoms with Crippen molar-refractivity contribution >= 4 is 28.0 Å². The molecule has 0 unspecified atom stereocenters. The Labute approximate surface area is 152 Å². The van der Waals surface area contributed by atoms with Crippen LogP contribution in [0.25, 0.3) is 27.9 Å². The molecule has 0 spiro atoms. The maximum absolute atomic E-state index is 14.3. The molecule has 2 aromatic carbocycles. The van der Waals surface area contributed by atoms with Crippen molar-refractivity contribution in [3.8, 4) is 5.69 Å². The summed E-state index contributed by atoms with van der Waals surface area (Å²) in [6.07, 6.45) is 3.02. The van der Waals surface area contributed by atoms with Gasteiger partial charge in [-0.3, -0.25) is 4.57 Å². The van der Waals surface area contributed by atoms with Gasteiger partial charge >= 0.3 is 0 Å². The van der Waals surface area contributed by atoms with Crippen LogP contribution in [0, 0.1) is 5.82 Å². The van der Waals surface area contributed by atoms with Crippen LogP contribution in [0.4, 0.5) is 10.2 Å². The second-order valence-electron chi connectivity index (χ2n) is 5.98. The molecule has 7 nitrogen and oxygen atoms in total. The van der Waals surface area contributed by atoms with Gasteiger partial charge in [0.05, 0.1) is 18.4 Å². The predicted molar refractivity (Wildman–Crippen MR) is 100 cm³/mol. The van der Waals surface area contributed by atoms with Gasteiger partial charge in [-0.2, -0.15) is 0 Å². The van der Waals surface area contributed by atoms with Crippen LogP contribution in [0.15, 0.2) is 61.2 Å². The van der Waals surface area contributed by atoms with Gasteiger partial charge in [0, 0.05) is 5.69 Å². The molecule has 0 atom stereocenters. The van der Waals surface area contributed by atoms with Crippen molar-refractivity contribution in [1.29, 1.82) is 0 Å². The Morgan fingerprint density at radius 3 is 2.78 bits per heavy atom. The van der Waals surface area contributed by atoms with Crippen molar-refractivity contribution < 1.29 is 4.39 Å². The van der Waals surface area contributed by atoms with E-state index < -0.39 is 0 Å². The van der Waals surface area contributed by atoms with Gasteiger partial charge in [0.2, 0.25) is 0 Å². The number of rotatable bonds is 4. The third kappa shape index (κ3) is 2.58. The Hall–Kier alpha value is -3.81. The summed E-state index contributed by atoms with van der Waals surface area (Å²) in [4.78, 5) is 20.0. The number of fused-ring (bicyclic) bond motifs is 2. The van der Waals surface area contributed by atoms with E-state index in [1.54, 1.807) is 12.4 Å². The SMILES string of the molecule is Fc1cccc2c1nc(CNc1ncnc3nc[nH]c13)n2-c1ccccc1. The van der Waals surface area contributed by atoms with E-state index in [2.05, 4.69) is 30.2 Å². The second-order valence-corrected chi connectivity index (χ2v) is 5.98. The van der Waals surface area contributed by atoms with Crippen LogP contribution in [0.5, 0.6) is 0 Å². The lowest BCUT2D eigenvalue weighted by atomic mass is 10.2. The zero-order valence-corrected chi connectivity index (χ0v) is 14.1. The van der Waals surface area contributed by atoms with E-state index in [1.807, 2.05) is 41.0 Å². The molecule has 0 saturated carbocycles. The van der Waals surface area contributed by atoms with Crippen molar-refractivity contribution in [1.82, 2.24) is 29.5 Å². The minimum absolute atomic E-state index is 0.340. The number of anilines is 1. The summed E-state index contributed by atoms with van der Waals surface area (Å²) in [7, 11) is 0. The van der Waals surface area contributed by atoms with Gasteiger partial charge in [-0.1, -0.05) is 24.3 Å². The van der Waals surface area contributed by atoms with Gasteiger partial charge in [-0.15, -0.1) is 0 Å². The number of nitrogens with zero attached hydrogens (tertiary/aromatic N) is 5. The molecule has 27 heavy (non-hydrogen) atoms. The minimum atomic E-state index is -0.346. The van der Waals surface area contributed by atoms with Crippen LogP contribution >= 0.6 is 0 Å². The molecule has 0 aliphatic carbocycles. The third-order valence-electron chi connectivity index (χ3n) is 4.36. The molecule has 0 amide bonds. The molecule has 3 heterocycles. The number of aromatic nitrogens is 6. The first-order valence-electron chi connectivity index (χ1n) is 8.40. The van der Waals surface area contributed by atoms with E-state index in [0.29, 0.717) is 40.4 Å². The van der Waals surface area contributed by atoms with Gasteiger partial charge in [0.15, 0.2) is 17.3 Å². The quantitative estimate of drug-likeness (QED) is 0.513. The van der Waals surface area contributed by atoms with Crippen molar-refractivity contribution in [3.63, 3.8) is 0 Å². The molecule has 3 aromatic heterocycles. The van der Waals surface area contributed by atoms with Crippen molar-refractivity contribution in [3.05, 3.63) is 72.8 Å². The summed E-state index contributed by atoms with van der Waals surface area (Å²) >= 11 is 0. The zero-order chi connectivity index (χ0) is 18.2. The Bertz CT molecular complexity index is 1240. The lowest BCUT2D eigenvalue weighted by Crippen LogP contribution is -2.09. The van der Waals surface area contributed by atoms with Gasteiger partial charge in [-0.05, 0) is 24.3 Å². The molecule has 2 N–H and O–H groups in total. The van der Waals surface area contributed by atoms with Crippen molar-refractivity contribution in [2.24, 2.45) is 0 Å². The standard InChI is InChI=1S/C19H14FN7/c20-13-7-4-8-14-16(13)26-15(27(14)12-5-2-1-3-6-12)9-21-18-17-19(23-10-22-17)25-11-24-18/h1-8,10-11H,9H2,(H2,21,22,23,24,25). The van der Waals surface area contributed by atoms with Gasteiger partial charge in [0.25, 0.3) is 0 Å². The fraction of sp³-hybridized carbons (Fsp3) is 0.0526. The molecule has 5 aromatic rings. The van der Waals surface area contributed by atoms with Crippen LogP contribution in [0.3, 0.4) is 0 Å². The number of para-hydroxylation sites is 2. The Kier molecular flexibility index (Phi) is 3.53. The number of H-pyrrole nitrogens is 1. The van der Waals surface area contributed by atoms with Crippen LogP contribution < -0.4 is 5.32 Å². The molecule has 0 aliphatic heterocycles. The lowest BCUT2D eigenvalue weighted by molar-refractivity contribution is 0.637. The van der Waals surface area contributed by atoms with Gasteiger partial charge in [-0.25, -0.2) is 24.3 Å². The van der Waals surface area contributed by atoms with Crippen LogP contribution in [0.1, 0.15) is 5.82 Å². The molecule has 8 heteroatoms. The largest absolute Gasteiger partial charge is 0.361 e. The zero-order valence-electron chi connectivity index (χ0n) is 14.1. The normalized spacial score (nSPS) is 11.3. The number of imidazole rings is 2. The molecule has 0 bridgehead atoms. The third-order valence-corrected chi connectivity index (χ3v) is 4.36. The minimum Gasteiger partial charge on any atom is -0.361 e. The van der Waals surface area contributed by atoms with Crippen molar-refractivity contribution in [2.75, 3.05) is 5.32 Å². The van der Waals surface area contributed by atoms with E-state index in [4.69, 9.17) is 0 Å². The number of nitrogens with one attached hydrogen (secondary N) is 2. The topological polar surface area (TPSA) is 84.3 Å². The maximum Gasteiger partial charge on any atom is 0.182 e.